The van der Waals surface area contributed by atoms with Gasteiger partial charge in [0, 0.05) is 37.4 Å². The third kappa shape index (κ3) is 3.75. The first-order valence-electron chi connectivity index (χ1n) is 9.15. The lowest BCUT2D eigenvalue weighted by Crippen LogP contribution is -2.45. The van der Waals surface area contributed by atoms with Crippen LogP contribution in [0.3, 0.4) is 0 Å². The van der Waals surface area contributed by atoms with Crippen LogP contribution in [-0.4, -0.2) is 39.5 Å². The van der Waals surface area contributed by atoms with Gasteiger partial charge in [-0.3, -0.25) is 5.10 Å². The summed E-state index contributed by atoms with van der Waals surface area (Å²) in [5.74, 6) is 0.961. The number of aromatic nitrogens is 4. The van der Waals surface area contributed by atoms with Gasteiger partial charge in [0.25, 0.3) is 0 Å². The molecule has 0 radical (unpaired) electrons. The Balaban J connectivity index is 1.40. The van der Waals surface area contributed by atoms with E-state index in [4.69, 9.17) is 0 Å². The van der Waals surface area contributed by atoms with E-state index in [1.807, 2.05) is 18.3 Å². The van der Waals surface area contributed by atoms with Crippen molar-refractivity contribution in [3.05, 3.63) is 59.9 Å². The van der Waals surface area contributed by atoms with Gasteiger partial charge in [-0.25, -0.2) is 0 Å². The topological polar surface area (TPSA) is 69.7 Å². The Morgan fingerprint density at radius 2 is 2.12 bits per heavy atom. The zero-order valence-electron chi connectivity index (χ0n) is 15.0. The van der Waals surface area contributed by atoms with E-state index in [1.165, 1.54) is 23.1 Å². The summed E-state index contributed by atoms with van der Waals surface area (Å²) < 4.78 is 0. The van der Waals surface area contributed by atoms with E-state index in [0.29, 0.717) is 6.04 Å². The maximum atomic E-state index is 4.25. The highest BCUT2D eigenvalue weighted by atomic mass is 15.3. The first-order valence-corrected chi connectivity index (χ1v) is 9.15. The van der Waals surface area contributed by atoms with Crippen LogP contribution in [0.2, 0.25) is 0 Å². The van der Waals surface area contributed by atoms with Crippen LogP contribution < -0.4 is 10.2 Å². The molecule has 2 aromatic heterocycles. The number of hydrogen-bond acceptors (Lipinski definition) is 5. The van der Waals surface area contributed by atoms with Crippen LogP contribution in [0.1, 0.15) is 24.0 Å². The fourth-order valence-electron chi connectivity index (χ4n) is 3.48. The Hall–Kier alpha value is -2.73. The zero-order chi connectivity index (χ0) is 17.8. The van der Waals surface area contributed by atoms with Gasteiger partial charge in [-0.15, -0.1) is 5.10 Å². The SMILES string of the molecule is Cc1ccc(-c2[nH]ncc2CN[C@H]2CCCN(c3cccnn3)C2)cc1. The van der Waals surface area contributed by atoms with Crippen molar-refractivity contribution < 1.29 is 0 Å². The van der Waals surface area contributed by atoms with E-state index < -0.39 is 0 Å². The van der Waals surface area contributed by atoms with Gasteiger partial charge in [-0.2, -0.15) is 10.2 Å². The summed E-state index contributed by atoms with van der Waals surface area (Å²) in [6.45, 7) is 4.90. The predicted molar refractivity (Wildman–Crippen MR) is 103 cm³/mol. The van der Waals surface area contributed by atoms with Crippen molar-refractivity contribution in [2.24, 2.45) is 0 Å². The lowest BCUT2D eigenvalue weighted by atomic mass is 10.0. The molecule has 134 valence electrons. The fraction of sp³-hybridized carbons (Fsp3) is 0.350. The summed E-state index contributed by atoms with van der Waals surface area (Å²) in [7, 11) is 0. The van der Waals surface area contributed by atoms with Crippen molar-refractivity contribution in [3.63, 3.8) is 0 Å². The van der Waals surface area contributed by atoms with Gasteiger partial charge in [-0.1, -0.05) is 29.8 Å². The van der Waals surface area contributed by atoms with Crippen LogP contribution in [-0.2, 0) is 6.54 Å². The molecule has 0 spiro atoms. The average molecular weight is 348 g/mol. The normalized spacial score (nSPS) is 17.4. The van der Waals surface area contributed by atoms with Gasteiger partial charge < -0.3 is 10.2 Å². The van der Waals surface area contributed by atoms with Crippen molar-refractivity contribution in [1.82, 2.24) is 25.7 Å². The predicted octanol–water partition coefficient (Wildman–Crippen LogP) is 2.93. The van der Waals surface area contributed by atoms with E-state index >= 15 is 0 Å². The highest BCUT2D eigenvalue weighted by Gasteiger charge is 2.21. The summed E-state index contributed by atoms with van der Waals surface area (Å²) in [5, 5.41) is 19.3. The minimum absolute atomic E-state index is 0.437. The average Bonchev–Trinajstić information content (AvgIpc) is 3.16. The van der Waals surface area contributed by atoms with Gasteiger partial charge >= 0.3 is 0 Å². The molecule has 1 aromatic carbocycles. The largest absolute Gasteiger partial charge is 0.354 e. The lowest BCUT2D eigenvalue weighted by molar-refractivity contribution is 0.419. The molecule has 4 rings (SSSR count). The van der Waals surface area contributed by atoms with Gasteiger partial charge in [-0.05, 0) is 37.5 Å². The van der Waals surface area contributed by atoms with E-state index in [1.54, 1.807) is 6.20 Å². The third-order valence-corrected chi connectivity index (χ3v) is 4.94. The van der Waals surface area contributed by atoms with Crippen molar-refractivity contribution in [3.8, 4) is 11.3 Å². The maximum absolute atomic E-state index is 4.25. The highest BCUT2D eigenvalue weighted by molar-refractivity contribution is 5.62. The molecule has 0 amide bonds. The molecular weight excluding hydrogens is 324 g/mol. The number of hydrogen-bond donors (Lipinski definition) is 2. The first kappa shape index (κ1) is 16.7. The molecule has 6 nitrogen and oxygen atoms in total. The van der Waals surface area contributed by atoms with E-state index in [-0.39, 0.29) is 0 Å². The van der Waals surface area contributed by atoms with E-state index in [0.717, 1.165) is 37.6 Å². The quantitative estimate of drug-likeness (QED) is 0.742. The molecule has 6 heteroatoms. The molecule has 0 saturated carbocycles. The number of nitrogens with zero attached hydrogens (tertiary/aromatic N) is 4. The molecule has 1 aliphatic heterocycles. The Labute approximate surface area is 153 Å². The van der Waals surface area contributed by atoms with Gasteiger partial charge in [0.1, 0.15) is 0 Å². The molecule has 1 saturated heterocycles. The summed E-state index contributed by atoms with van der Waals surface area (Å²) in [6.07, 6.45) is 5.97. The number of aromatic amines is 1. The molecule has 1 aliphatic rings. The number of nitrogens with one attached hydrogen (secondary N) is 2. The van der Waals surface area contributed by atoms with Crippen LogP contribution in [0.25, 0.3) is 11.3 Å². The number of anilines is 1. The Morgan fingerprint density at radius 1 is 1.23 bits per heavy atom. The molecule has 0 aliphatic carbocycles. The summed E-state index contributed by atoms with van der Waals surface area (Å²) in [6, 6.07) is 13.0. The minimum Gasteiger partial charge on any atom is -0.354 e. The molecule has 3 heterocycles. The second-order valence-electron chi connectivity index (χ2n) is 6.88. The second-order valence-corrected chi connectivity index (χ2v) is 6.88. The molecule has 26 heavy (non-hydrogen) atoms. The number of benzene rings is 1. The molecule has 2 N–H and O–H groups in total. The fourth-order valence-corrected chi connectivity index (χ4v) is 3.48. The van der Waals surface area contributed by atoms with Crippen LogP contribution >= 0.6 is 0 Å². The van der Waals surface area contributed by atoms with Crippen molar-refractivity contribution in [2.45, 2.75) is 32.4 Å². The summed E-state index contributed by atoms with van der Waals surface area (Å²) >= 11 is 0. The number of H-pyrrole nitrogens is 1. The smallest absolute Gasteiger partial charge is 0.151 e. The molecule has 0 unspecified atom stereocenters. The first-order chi connectivity index (χ1) is 12.8. The third-order valence-electron chi connectivity index (χ3n) is 4.94. The molecule has 3 aromatic rings. The van der Waals surface area contributed by atoms with Crippen molar-refractivity contribution >= 4 is 5.82 Å². The van der Waals surface area contributed by atoms with Crippen LogP contribution in [0.5, 0.6) is 0 Å². The van der Waals surface area contributed by atoms with Crippen LogP contribution in [0, 0.1) is 6.92 Å². The minimum atomic E-state index is 0.437. The maximum Gasteiger partial charge on any atom is 0.151 e. The van der Waals surface area contributed by atoms with Crippen LogP contribution in [0.4, 0.5) is 5.82 Å². The standard InChI is InChI=1S/C20H24N6/c1-15-6-8-16(9-7-15)20-17(13-23-25-20)12-21-18-4-3-11-26(14-18)19-5-2-10-22-24-19/h2,5-10,13,18,21H,3-4,11-12,14H2,1H3,(H,23,25)/t18-/m0/s1. The van der Waals surface area contributed by atoms with Crippen molar-refractivity contribution in [1.29, 1.82) is 0 Å². The van der Waals surface area contributed by atoms with E-state index in [9.17, 15) is 0 Å². The number of piperidine rings is 1. The molecule has 1 atom stereocenters. The number of rotatable bonds is 5. The monoisotopic (exact) mass is 348 g/mol. The van der Waals surface area contributed by atoms with Gasteiger partial charge in [0.05, 0.1) is 11.9 Å². The van der Waals surface area contributed by atoms with Gasteiger partial charge in [0.2, 0.25) is 0 Å². The molecule has 1 fully saturated rings. The number of aryl methyl sites for hydroxylation is 1. The van der Waals surface area contributed by atoms with Crippen molar-refractivity contribution in [2.75, 3.05) is 18.0 Å². The summed E-state index contributed by atoms with van der Waals surface area (Å²) in [5.41, 5.74) is 4.73. The zero-order valence-corrected chi connectivity index (χ0v) is 15.0. The molecule has 0 bridgehead atoms. The molecular formula is C20H24N6. The Morgan fingerprint density at radius 3 is 2.92 bits per heavy atom. The van der Waals surface area contributed by atoms with E-state index in [2.05, 4.69) is 61.8 Å². The Kier molecular flexibility index (Phi) is 4.93. The lowest BCUT2D eigenvalue weighted by Gasteiger charge is -2.33. The Bertz CT molecular complexity index is 827. The second kappa shape index (κ2) is 7.66. The van der Waals surface area contributed by atoms with Crippen LogP contribution in [0.15, 0.2) is 48.8 Å². The van der Waals surface area contributed by atoms with Gasteiger partial charge in [0.15, 0.2) is 5.82 Å². The highest BCUT2D eigenvalue weighted by Crippen LogP contribution is 2.22. The summed E-state index contributed by atoms with van der Waals surface area (Å²) in [4.78, 5) is 2.31.